The molecule has 6 heteroatoms. The van der Waals surface area contributed by atoms with Crippen LogP contribution in [0.2, 0.25) is 5.02 Å². The smallest absolute Gasteiger partial charge is 0.261 e. The number of benzene rings is 1. The van der Waals surface area contributed by atoms with Gasteiger partial charge in [0.05, 0.1) is 17.3 Å². The van der Waals surface area contributed by atoms with Gasteiger partial charge in [-0.3, -0.25) is 4.79 Å². The molecule has 1 atom stereocenters. The van der Waals surface area contributed by atoms with Crippen LogP contribution in [0.3, 0.4) is 0 Å². The van der Waals surface area contributed by atoms with Gasteiger partial charge >= 0.3 is 0 Å². The van der Waals surface area contributed by atoms with Crippen molar-refractivity contribution in [1.82, 2.24) is 15.5 Å². The maximum atomic E-state index is 12.4. The van der Waals surface area contributed by atoms with E-state index in [0.717, 1.165) is 32.3 Å². The molecular formula is C18H14ClN3OS. The molecule has 0 saturated heterocycles. The Morgan fingerprint density at radius 3 is 2.75 bits per heavy atom. The first kappa shape index (κ1) is 15.3. The number of thiophene rings is 1. The molecule has 1 unspecified atom stereocenters. The van der Waals surface area contributed by atoms with E-state index in [2.05, 4.69) is 21.6 Å². The molecule has 0 spiro atoms. The number of carbonyl (C=O) groups excluding carboxylic acids is 1. The average molecular weight is 356 g/mol. The monoisotopic (exact) mass is 355 g/mol. The van der Waals surface area contributed by atoms with Crippen molar-refractivity contribution in [3.8, 4) is 10.4 Å². The van der Waals surface area contributed by atoms with E-state index in [1.54, 1.807) is 12.4 Å². The summed E-state index contributed by atoms with van der Waals surface area (Å²) in [6.07, 6.45) is 4.25. The predicted molar refractivity (Wildman–Crippen MR) is 95.6 cm³/mol. The quantitative estimate of drug-likeness (QED) is 0.752. The number of carbonyl (C=O) groups is 1. The van der Waals surface area contributed by atoms with Crippen LogP contribution in [0.5, 0.6) is 0 Å². The van der Waals surface area contributed by atoms with Gasteiger partial charge in [-0.1, -0.05) is 23.7 Å². The van der Waals surface area contributed by atoms with Gasteiger partial charge in [-0.15, -0.1) is 11.3 Å². The number of hydrogen-bond donors (Lipinski definition) is 1. The van der Waals surface area contributed by atoms with Gasteiger partial charge in [0.2, 0.25) is 0 Å². The Bertz CT molecular complexity index is 877. The highest BCUT2D eigenvalue weighted by Crippen LogP contribution is 2.40. The van der Waals surface area contributed by atoms with Crippen LogP contribution in [-0.4, -0.2) is 22.6 Å². The van der Waals surface area contributed by atoms with Crippen LogP contribution in [-0.2, 0) is 0 Å². The molecule has 1 aromatic carbocycles. The minimum Gasteiger partial charge on any atom is -0.351 e. The summed E-state index contributed by atoms with van der Waals surface area (Å²) < 4.78 is 0. The number of nitrogens with one attached hydrogen (secondary N) is 1. The minimum atomic E-state index is -0.000251. The Labute approximate surface area is 148 Å². The van der Waals surface area contributed by atoms with E-state index in [4.69, 9.17) is 11.6 Å². The lowest BCUT2D eigenvalue weighted by molar-refractivity contribution is 0.0960. The lowest BCUT2D eigenvalue weighted by atomic mass is 9.89. The summed E-state index contributed by atoms with van der Waals surface area (Å²) >= 11 is 7.52. The molecule has 120 valence electrons. The topological polar surface area (TPSA) is 54.9 Å². The Hall–Kier alpha value is -2.24. The Kier molecular flexibility index (Phi) is 4.04. The second-order valence-electron chi connectivity index (χ2n) is 5.67. The fourth-order valence-electron chi connectivity index (χ4n) is 3.03. The summed E-state index contributed by atoms with van der Waals surface area (Å²) in [5.74, 6) is 0.177. The molecule has 3 heterocycles. The van der Waals surface area contributed by atoms with E-state index in [1.807, 2.05) is 30.3 Å². The lowest BCUT2D eigenvalue weighted by Gasteiger charge is -2.15. The number of fused-ring (bicyclic) bond motifs is 1. The van der Waals surface area contributed by atoms with E-state index < -0.39 is 0 Å². The molecule has 24 heavy (non-hydrogen) atoms. The maximum absolute atomic E-state index is 12.4. The summed E-state index contributed by atoms with van der Waals surface area (Å²) in [6, 6.07) is 11.9. The Morgan fingerprint density at radius 2 is 2.00 bits per heavy atom. The van der Waals surface area contributed by atoms with Crippen LogP contribution in [0.15, 0.2) is 48.8 Å². The van der Waals surface area contributed by atoms with Gasteiger partial charge in [-0.2, -0.15) is 10.2 Å². The number of rotatable bonds is 2. The molecule has 0 bridgehead atoms. The van der Waals surface area contributed by atoms with Gasteiger partial charge in [-0.05, 0) is 41.8 Å². The highest BCUT2D eigenvalue weighted by atomic mass is 35.5. The van der Waals surface area contributed by atoms with Crippen LogP contribution in [0, 0.1) is 0 Å². The molecule has 2 aromatic heterocycles. The molecule has 4 rings (SSSR count). The van der Waals surface area contributed by atoms with E-state index in [0.29, 0.717) is 6.54 Å². The first-order valence-electron chi connectivity index (χ1n) is 7.67. The van der Waals surface area contributed by atoms with Gasteiger partial charge in [0.25, 0.3) is 5.91 Å². The van der Waals surface area contributed by atoms with Gasteiger partial charge in [0.1, 0.15) is 0 Å². The van der Waals surface area contributed by atoms with Crippen molar-refractivity contribution < 1.29 is 4.79 Å². The molecule has 0 radical (unpaired) electrons. The van der Waals surface area contributed by atoms with Gasteiger partial charge < -0.3 is 5.32 Å². The van der Waals surface area contributed by atoms with E-state index in [-0.39, 0.29) is 11.8 Å². The number of halogens is 1. The molecule has 3 aromatic rings. The minimum absolute atomic E-state index is 0.000251. The van der Waals surface area contributed by atoms with Crippen LogP contribution in [0.1, 0.15) is 33.1 Å². The molecule has 1 aliphatic heterocycles. The van der Waals surface area contributed by atoms with Crippen molar-refractivity contribution in [2.45, 2.75) is 12.3 Å². The third-order valence-electron chi connectivity index (χ3n) is 4.20. The van der Waals surface area contributed by atoms with Crippen molar-refractivity contribution in [2.24, 2.45) is 0 Å². The summed E-state index contributed by atoms with van der Waals surface area (Å²) in [7, 11) is 0. The SMILES string of the molecule is O=C1NCCC(c2ccc(Cl)cc2)c2cc(-c3ccnnc3)sc21. The number of nitrogens with zero attached hydrogens (tertiary/aromatic N) is 2. The van der Waals surface area contributed by atoms with Crippen LogP contribution >= 0.6 is 22.9 Å². The highest BCUT2D eigenvalue weighted by molar-refractivity contribution is 7.17. The van der Waals surface area contributed by atoms with Crippen molar-refractivity contribution in [3.63, 3.8) is 0 Å². The first-order valence-corrected chi connectivity index (χ1v) is 8.86. The number of hydrogen-bond acceptors (Lipinski definition) is 4. The molecule has 0 saturated carbocycles. The Balaban J connectivity index is 1.82. The van der Waals surface area contributed by atoms with Crippen LogP contribution in [0.4, 0.5) is 0 Å². The third kappa shape index (κ3) is 2.81. The lowest BCUT2D eigenvalue weighted by Crippen LogP contribution is -2.21. The summed E-state index contributed by atoms with van der Waals surface area (Å²) in [6.45, 7) is 0.666. The predicted octanol–water partition coefficient (Wildman–Crippen LogP) is 4.12. The van der Waals surface area contributed by atoms with Gasteiger partial charge in [-0.25, -0.2) is 0 Å². The van der Waals surface area contributed by atoms with Crippen molar-refractivity contribution in [2.75, 3.05) is 6.54 Å². The van der Waals surface area contributed by atoms with E-state index in [9.17, 15) is 4.79 Å². The first-order chi connectivity index (χ1) is 11.7. The molecule has 1 N–H and O–H groups in total. The van der Waals surface area contributed by atoms with Gasteiger partial charge in [0.15, 0.2) is 0 Å². The zero-order valence-corrected chi connectivity index (χ0v) is 14.3. The maximum Gasteiger partial charge on any atom is 0.261 e. The summed E-state index contributed by atoms with van der Waals surface area (Å²) in [4.78, 5) is 14.2. The molecule has 0 aliphatic carbocycles. The van der Waals surface area contributed by atoms with Crippen LogP contribution in [0.25, 0.3) is 10.4 Å². The van der Waals surface area contributed by atoms with E-state index in [1.165, 1.54) is 16.9 Å². The Morgan fingerprint density at radius 1 is 1.17 bits per heavy atom. The number of amides is 1. The molecule has 1 aliphatic rings. The van der Waals surface area contributed by atoms with Crippen LogP contribution < -0.4 is 5.32 Å². The second kappa shape index (κ2) is 6.34. The fraction of sp³-hybridized carbons (Fsp3) is 0.167. The summed E-state index contributed by atoms with van der Waals surface area (Å²) in [5.41, 5.74) is 3.23. The van der Waals surface area contributed by atoms with Gasteiger partial charge in [0, 0.05) is 27.9 Å². The van der Waals surface area contributed by atoms with Crippen molar-refractivity contribution >= 4 is 28.8 Å². The molecule has 1 amide bonds. The van der Waals surface area contributed by atoms with Crippen molar-refractivity contribution in [3.05, 3.63) is 69.8 Å². The van der Waals surface area contributed by atoms with Crippen molar-refractivity contribution in [1.29, 1.82) is 0 Å². The standard InChI is InChI=1S/C18H14ClN3OS/c19-13-3-1-11(2-4-13)14-6-7-20-18(23)17-15(14)9-16(24-17)12-5-8-21-22-10-12/h1-5,8-10,14H,6-7H2,(H,20,23). The zero-order chi connectivity index (χ0) is 16.5. The second-order valence-corrected chi connectivity index (χ2v) is 7.16. The third-order valence-corrected chi connectivity index (χ3v) is 5.65. The molecule has 0 fully saturated rings. The van der Waals surface area contributed by atoms with E-state index >= 15 is 0 Å². The zero-order valence-electron chi connectivity index (χ0n) is 12.7. The largest absolute Gasteiger partial charge is 0.351 e. The normalized spacial score (nSPS) is 17.0. The molecular weight excluding hydrogens is 342 g/mol. The fourth-order valence-corrected chi connectivity index (χ4v) is 4.28. The molecule has 4 nitrogen and oxygen atoms in total. The highest BCUT2D eigenvalue weighted by Gasteiger charge is 2.27. The summed E-state index contributed by atoms with van der Waals surface area (Å²) in [5, 5.41) is 11.5. The average Bonchev–Trinajstić information content (AvgIpc) is 2.99. The number of aromatic nitrogens is 2.